The predicted molar refractivity (Wildman–Crippen MR) is 112 cm³/mol. The number of nitrogens with zero attached hydrogens (tertiary/aromatic N) is 3. The fourth-order valence-electron chi connectivity index (χ4n) is 3.01. The lowest BCUT2D eigenvalue weighted by molar-refractivity contribution is 0.618. The van der Waals surface area contributed by atoms with Crippen molar-refractivity contribution in [3.63, 3.8) is 0 Å². The maximum absolute atomic E-state index is 6.14. The first kappa shape index (κ1) is 18.2. The molecule has 0 unspecified atom stereocenters. The molecule has 0 bridgehead atoms. The average Bonchev–Trinajstić information content (AvgIpc) is 2.65. The smallest absolute Gasteiger partial charge is 0.243 e. The van der Waals surface area contributed by atoms with E-state index < -0.39 is 0 Å². The summed E-state index contributed by atoms with van der Waals surface area (Å²) in [5.41, 5.74) is 7.54. The summed E-state index contributed by atoms with van der Waals surface area (Å²) in [6, 6.07) is 17.4. The fourth-order valence-corrected chi connectivity index (χ4v) is 3.14. The van der Waals surface area contributed by atoms with E-state index in [4.69, 9.17) is 16.0 Å². The zero-order valence-corrected chi connectivity index (χ0v) is 16.6. The zero-order valence-electron chi connectivity index (χ0n) is 15.8. The number of nitrogens with one attached hydrogen (secondary N) is 1. The molecule has 1 N–H and O–H groups in total. The fraction of sp³-hybridized carbons (Fsp3) is 0.136. The van der Waals surface area contributed by atoms with Crippen molar-refractivity contribution in [1.29, 1.82) is 0 Å². The molecule has 0 aliphatic rings. The van der Waals surface area contributed by atoms with Gasteiger partial charge in [0, 0.05) is 33.4 Å². The molecule has 0 aliphatic carbocycles. The van der Waals surface area contributed by atoms with E-state index in [9.17, 15) is 0 Å². The Kier molecular flexibility index (Phi) is 4.84. The average molecular weight is 391 g/mol. The maximum atomic E-state index is 6.14. The summed E-state index contributed by atoms with van der Waals surface area (Å²) >= 11 is 6.02. The minimum atomic E-state index is 0.464. The van der Waals surface area contributed by atoms with Crippen LogP contribution >= 0.6 is 11.6 Å². The minimum Gasteiger partial charge on any atom is -0.456 e. The first-order chi connectivity index (χ1) is 13.5. The van der Waals surface area contributed by atoms with Crippen LogP contribution in [0.1, 0.15) is 17.0 Å². The van der Waals surface area contributed by atoms with Crippen molar-refractivity contribution in [3.05, 3.63) is 81.9 Å². The van der Waals surface area contributed by atoms with Gasteiger partial charge in [0.25, 0.3) is 0 Å². The molecule has 28 heavy (non-hydrogen) atoms. The Labute approximate surface area is 167 Å². The molecule has 140 valence electrons. The van der Waals surface area contributed by atoms with Crippen molar-refractivity contribution in [2.45, 2.75) is 20.8 Å². The number of hydrogen-bond donors (Lipinski definition) is 1. The number of aryl methyl sites for hydroxylation is 3. The van der Waals surface area contributed by atoms with Gasteiger partial charge in [0.15, 0.2) is 0 Å². The Morgan fingerprint density at radius 3 is 2.32 bits per heavy atom. The van der Waals surface area contributed by atoms with Crippen molar-refractivity contribution in [3.8, 4) is 11.3 Å². The molecule has 6 heteroatoms. The summed E-state index contributed by atoms with van der Waals surface area (Å²) in [4.78, 5) is 8.76. The molecule has 0 aliphatic heterocycles. The third kappa shape index (κ3) is 3.89. The maximum Gasteiger partial charge on any atom is 0.243 e. The molecule has 5 nitrogen and oxygen atoms in total. The third-order valence-corrected chi connectivity index (χ3v) is 4.54. The molecule has 2 heterocycles. The Hall–Kier alpha value is -3.18. The second kappa shape index (κ2) is 7.44. The van der Waals surface area contributed by atoms with Crippen LogP contribution in [0.15, 0.2) is 64.1 Å². The van der Waals surface area contributed by atoms with Gasteiger partial charge < -0.3 is 4.42 Å². The molecule has 0 radical (unpaired) electrons. The van der Waals surface area contributed by atoms with Crippen molar-refractivity contribution in [2.75, 3.05) is 5.43 Å². The van der Waals surface area contributed by atoms with Gasteiger partial charge in [-0.2, -0.15) is 5.10 Å². The Morgan fingerprint density at radius 2 is 1.61 bits per heavy atom. The summed E-state index contributed by atoms with van der Waals surface area (Å²) in [5.74, 6) is 1.17. The van der Waals surface area contributed by atoms with E-state index in [1.165, 1.54) is 0 Å². The number of halogens is 1. The molecule has 0 atom stereocenters. The van der Waals surface area contributed by atoms with Crippen LogP contribution < -0.4 is 10.8 Å². The van der Waals surface area contributed by atoms with Crippen LogP contribution in [-0.2, 0) is 0 Å². The van der Waals surface area contributed by atoms with Gasteiger partial charge in [-0.15, -0.1) is 0 Å². The minimum absolute atomic E-state index is 0.464. The first-order valence-electron chi connectivity index (χ1n) is 8.90. The summed E-state index contributed by atoms with van der Waals surface area (Å²) in [6.07, 6.45) is 0. The van der Waals surface area contributed by atoms with Crippen molar-refractivity contribution < 1.29 is 4.42 Å². The number of rotatable bonds is 3. The van der Waals surface area contributed by atoms with Crippen LogP contribution in [0, 0.1) is 20.8 Å². The van der Waals surface area contributed by atoms with E-state index in [1.54, 1.807) is 0 Å². The lowest BCUT2D eigenvalue weighted by atomic mass is 10.1. The summed E-state index contributed by atoms with van der Waals surface area (Å²) in [7, 11) is 0. The molecular weight excluding hydrogens is 372 g/mol. The van der Waals surface area contributed by atoms with Crippen LogP contribution in [0.5, 0.6) is 0 Å². The zero-order chi connectivity index (χ0) is 19.7. The van der Waals surface area contributed by atoms with E-state index in [-0.39, 0.29) is 0 Å². The summed E-state index contributed by atoms with van der Waals surface area (Å²) in [5, 5.41) is 6.89. The van der Waals surface area contributed by atoms with Crippen LogP contribution in [0.4, 0.5) is 5.95 Å². The van der Waals surface area contributed by atoms with Crippen LogP contribution in [-0.4, -0.2) is 9.97 Å². The molecule has 2 aromatic carbocycles. The van der Waals surface area contributed by atoms with Gasteiger partial charge >= 0.3 is 0 Å². The predicted octanol–water partition coefficient (Wildman–Crippen LogP) is 5.40. The Bertz CT molecular complexity index is 1210. The van der Waals surface area contributed by atoms with Gasteiger partial charge in [-0.3, -0.25) is 0 Å². The Morgan fingerprint density at radius 1 is 0.893 bits per heavy atom. The molecule has 2 aromatic heterocycles. The lowest BCUT2D eigenvalue weighted by Crippen LogP contribution is -2.09. The van der Waals surface area contributed by atoms with Gasteiger partial charge in [0.05, 0.1) is 5.36 Å². The van der Waals surface area contributed by atoms with E-state index in [1.807, 2.05) is 75.4 Å². The Balaban J connectivity index is 1.86. The van der Waals surface area contributed by atoms with E-state index >= 15 is 0 Å². The van der Waals surface area contributed by atoms with E-state index in [0.29, 0.717) is 16.7 Å². The van der Waals surface area contributed by atoms with E-state index in [0.717, 1.165) is 38.8 Å². The van der Waals surface area contributed by atoms with Crippen LogP contribution in [0.25, 0.3) is 22.3 Å². The third-order valence-electron chi connectivity index (χ3n) is 4.29. The number of anilines is 1. The number of fused-ring (bicyclic) bond motifs is 1. The number of hydrogen-bond acceptors (Lipinski definition) is 5. The van der Waals surface area contributed by atoms with Crippen LogP contribution in [0.3, 0.4) is 0 Å². The highest BCUT2D eigenvalue weighted by atomic mass is 35.5. The van der Waals surface area contributed by atoms with Gasteiger partial charge in [-0.25, -0.2) is 15.4 Å². The van der Waals surface area contributed by atoms with Gasteiger partial charge in [-0.1, -0.05) is 17.7 Å². The molecule has 4 aromatic rings. The second-order valence-corrected chi connectivity index (χ2v) is 7.14. The van der Waals surface area contributed by atoms with Crippen molar-refractivity contribution in [1.82, 2.24) is 9.97 Å². The van der Waals surface area contributed by atoms with Gasteiger partial charge in [-0.05, 0) is 68.8 Å². The molecule has 0 saturated heterocycles. The quantitative estimate of drug-likeness (QED) is 0.476. The van der Waals surface area contributed by atoms with Crippen molar-refractivity contribution >= 4 is 28.5 Å². The summed E-state index contributed by atoms with van der Waals surface area (Å²) < 4.78 is 6.14. The number of aromatic nitrogens is 2. The largest absolute Gasteiger partial charge is 0.456 e. The first-order valence-corrected chi connectivity index (χ1v) is 9.28. The molecule has 0 fully saturated rings. The second-order valence-electron chi connectivity index (χ2n) is 6.70. The molecule has 4 rings (SSSR count). The molecule has 0 spiro atoms. The van der Waals surface area contributed by atoms with Crippen molar-refractivity contribution in [2.24, 2.45) is 5.10 Å². The number of benzene rings is 2. The highest BCUT2D eigenvalue weighted by Crippen LogP contribution is 2.24. The molecular formula is C22H19ClN4O. The topological polar surface area (TPSA) is 63.3 Å². The SMILES string of the molecule is Cc1ccc2/c(=N/Nc3nc(C)cc(C)n3)cc(-c3ccc(Cl)cc3)oc2c1. The molecule has 0 amide bonds. The van der Waals surface area contributed by atoms with Gasteiger partial charge in [0.1, 0.15) is 11.3 Å². The highest BCUT2D eigenvalue weighted by molar-refractivity contribution is 6.30. The highest BCUT2D eigenvalue weighted by Gasteiger charge is 2.07. The lowest BCUT2D eigenvalue weighted by Gasteiger charge is -2.07. The normalized spacial score (nSPS) is 11.8. The molecule has 0 saturated carbocycles. The summed E-state index contributed by atoms with van der Waals surface area (Å²) in [6.45, 7) is 5.89. The van der Waals surface area contributed by atoms with Gasteiger partial charge in [0.2, 0.25) is 5.95 Å². The van der Waals surface area contributed by atoms with Crippen LogP contribution in [0.2, 0.25) is 5.02 Å². The van der Waals surface area contributed by atoms with E-state index in [2.05, 4.69) is 20.5 Å². The standard InChI is InChI=1S/C22H19ClN4O/c1-13-4-9-18-19(26-27-22-24-14(2)11-15(3)25-22)12-20(28-21(18)10-13)16-5-7-17(23)8-6-16/h4-12H,1-3H3,(H,24,25,27)/b26-19+. The monoisotopic (exact) mass is 390 g/mol.